The lowest BCUT2D eigenvalue weighted by molar-refractivity contribution is 0.0691. The number of carboxylic acids is 1. The zero-order chi connectivity index (χ0) is 15.4. The molecule has 3 rings (SSSR count). The van der Waals surface area contributed by atoms with Crippen molar-refractivity contribution in [3.63, 3.8) is 0 Å². The van der Waals surface area contributed by atoms with E-state index in [2.05, 4.69) is 10.2 Å². The number of rotatable bonds is 3. The molecule has 0 radical (unpaired) electrons. The maximum absolute atomic E-state index is 12.6. The number of aliphatic hydroxyl groups is 1. The number of H-pyrrole nitrogens is 1. The Hall–Kier alpha value is -1.45. The van der Waals surface area contributed by atoms with E-state index < -0.39 is 27.1 Å². The number of aromatic nitrogens is 2. The lowest BCUT2D eigenvalue weighted by Gasteiger charge is -2.17. The molecule has 116 valence electrons. The van der Waals surface area contributed by atoms with Gasteiger partial charge in [-0.15, -0.1) is 0 Å². The summed E-state index contributed by atoms with van der Waals surface area (Å²) in [4.78, 5) is 11.2. The zero-order valence-corrected chi connectivity index (χ0v) is 12.3. The number of sulfonamides is 1. The number of aromatic amines is 1. The predicted octanol–water partition coefficient (Wildman–Crippen LogP) is -0.192. The molecular formula is C12H17N3O5S. The lowest BCUT2D eigenvalue weighted by Crippen LogP contribution is -2.32. The standard InChI is InChI=1S/C12H17N3O5S/c1-6-10(12(17)18)11(14-13-6)21(19,20)15-4-7-2-3-9(16)8(7)5-15/h7-9,16H,2-5H2,1H3,(H,13,14)(H,17,18). The fourth-order valence-electron chi connectivity index (χ4n) is 3.36. The van der Waals surface area contributed by atoms with Crippen LogP contribution in [0.5, 0.6) is 0 Å². The Kier molecular flexibility index (Phi) is 3.30. The number of aryl methyl sites for hydroxylation is 1. The van der Waals surface area contributed by atoms with Gasteiger partial charge in [0.05, 0.1) is 6.10 Å². The van der Waals surface area contributed by atoms with Crippen molar-refractivity contribution in [2.24, 2.45) is 11.8 Å². The molecule has 1 aromatic rings. The summed E-state index contributed by atoms with van der Waals surface area (Å²) in [6.07, 6.45) is 1.02. The molecular weight excluding hydrogens is 298 g/mol. The van der Waals surface area contributed by atoms with Gasteiger partial charge in [-0.2, -0.15) is 9.40 Å². The van der Waals surface area contributed by atoms with Gasteiger partial charge in [0.1, 0.15) is 5.56 Å². The van der Waals surface area contributed by atoms with Gasteiger partial charge >= 0.3 is 5.97 Å². The Balaban J connectivity index is 1.94. The second kappa shape index (κ2) is 4.79. The smallest absolute Gasteiger partial charge is 0.340 e. The molecule has 9 heteroatoms. The number of carbonyl (C=O) groups is 1. The molecule has 1 aliphatic heterocycles. The minimum absolute atomic E-state index is 0.0620. The molecule has 3 atom stereocenters. The Morgan fingerprint density at radius 2 is 2.10 bits per heavy atom. The van der Waals surface area contributed by atoms with E-state index in [1.165, 1.54) is 11.2 Å². The van der Waals surface area contributed by atoms with Crippen molar-refractivity contribution < 1.29 is 23.4 Å². The van der Waals surface area contributed by atoms with E-state index in [0.29, 0.717) is 13.0 Å². The van der Waals surface area contributed by atoms with Crippen LogP contribution in [-0.2, 0) is 10.0 Å². The molecule has 1 aliphatic carbocycles. The van der Waals surface area contributed by atoms with Crippen LogP contribution in [0, 0.1) is 18.8 Å². The van der Waals surface area contributed by atoms with Gasteiger partial charge in [-0.3, -0.25) is 5.10 Å². The van der Waals surface area contributed by atoms with Gasteiger partial charge in [0.15, 0.2) is 0 Å². The Morgan fingerprint density at radius 3 is 2.71 bits per heavy atom. The predicted molar refractivity (Wildman–Crippen MR) is 71.3 cm³/mol. The van der Waals surface area contributed by atoms with E-state index in [1.807, 2.05) is 0 Å². The van der Waals surface area contributed by atoms with Crippen LogP contribution in [0.3, 0.4) is 0 Å². The van der Waals surface area contributed by atoms with E-state index in [4.69, 9.17) is 5.11 Å². The number of hydrogen-bond donors (Lipinski definition) is 3. The van der Waals surface area contributed by atoms with E-state index in [0.717, 1.165) is 6.42 Å². The Bertz CT molecular complexity index is 683. The van der Waals surface area contributed by atoms with Crippen molar-refractivity contribution in [1.82, 2.24) is 14.5 Å². The summed E-state index contributed by atoms with van der Waals surface area (Å²) < 4.78 is 26.5. The van der Waals surface area contributed by atoms with Gasteiger partial charge in [0.25, 0.3) is 10.0 Å². The second-order valence-electron chi connectivity index (χ2n) is 5.72. The van der Waals surface area contributed by atoms with Crippen LogP contribution < -0.4 is 0 Å². The highest BCUT2D eigenvalue weighted by atomic mass is 32.2. The molecule has 1 aromatic heterocycles. The van der Waals surface area contributed by atoms with E-state index in [9.17, 15) is 18.3 Å². The third kappa shape index (κ3) is 2.16. The molecule has 21 heavy (non-hydrogen) atoms. The average molecular weight is 315 g/mol. The van der Waals surface area contributed by atoms with Gasteiger partial charge in [0.2, 0.25) is 5.03 Å². The highest BCUT2D eigenvalue weighted by Crippen LogP contribution is 2.40. The Labute approximate surface area is 121 Å². The monoisotopic (exact) mass is 315 g/mol. The first-order valence-corrected chi connectivity index (χ1v) is 8.23. The zero-order valence-electron chi connectivity index (χ0n) is 11.5. The summed E-state index contributed by atoms with van der Waals surface area (Å²) >= 11 is 0. The highest BCUT2D eigenvalue weighted by Gasteiger charge is 2.47. The quantitative estimate of drug-likeness (QED) is 0.710. The van der Waals surface area contributed by atoms with Crippen LogP contribution in [-0.4, -0.2) is 58.3 Å². The summed E-state index contributed by atoms with van der Waals surface area (Å²) in [5, 5.41) is 24.7. The van der Waals surface area contributed by atoms with Gasteiger partial charge in [-0.25, -0.2) is 13.2 Å². The van der Waals surface area contributed by atoms with Crippen molar-refractivity contribution in [2.45, 2.75) is 30.9 Å². The Morgan fingerprint density at radius 1 is 1.38 bits per heavy atom. The minimum atomic E-state index is -3.96. The van der Waals surface area contributed by atoms with E-state index >= 15 is 0 Å². The molecule has 0 amide bonds. The first-order valence-electron chi connectivity index (χ1n) is 6.79. The summed E-state index contributed by atoms with van der Waals surface area (Å²) in [6.45, 7) is 2.01. The molecule has 2 heterocycles. The maximum atomic E-state index is 12.6. The van der Waals surface area contributed by atoms with Gasteiger partial charge in [-0.05, 0) is 25.7 Å². The molecule has 0 aromatic carbocycles. The number of hydrogen-bond acceptors (Lipinski definition) is 5. The summed E-state index contributed by atoms with van der Waals surface area (Å²) in [7, 11) is -3.96. The normalized spacial score (nSPS) is 29.7. The average Bonchev–Trinajstić information content (AvgIpc) is 3.05. The molecule has 2 fully saturated rings. The first-order chi connectivity index (χ1) is 9.82. The maximum Gasteiger partial charge on any atom is 0.340 e. The fraction of sp³-hybridized carbons (Fsp3) is 0.667. The molecule has 1 saturated heterocycles. The third-order valence-electron chi connectivity index (χ3n) is 4.50. The van der Waals surface area contributed by atoms with Crippen LogP contribution in [0.4, 0.5) is 0 Å². The lowest BCUT2D eigenvalue weighted by atomic mass is 10.00. The SMILES string of the molecule is Cc1[nH]nc(S(=O)(=O)N2CC3CCC(O)C3C2)c1C(=O)O. The summed E-state index contributed by atoms with van der Waals surface area (Å²) in [5.41, 5.74) is -0.104. The van der Waals surface area contributed by atoms with Crippen molar-refractivity contribution in [3.8, 4) is 0 Å². The molecule has 2 aliphatic rings. The molecule has 3 unspecified atom stereocenters. The van der Waals surface area contributed by atoms with Crippen LogP contribution in [0.1, 0.15) is 28.9 Å². The van der Waals surface area contributed by atoms with Crippen molar-refractivity contribution in [3.05, 3.63) is 11.3 Å². The fourth-order valence-corrected chi connectivity index (χ4v) is 5.02. The van der Waals surface area contributed by atoms with Crippen molar-refractivity contribution in [1.29, 1.82) is 0 Å². The van der Waals surface area contributed by atoms with Crippen LogP contribution >= 0.6 is 0 Å². The van der Waals surface area contributed by atoms with Crippen molar-refractivity contribution in [2.75, 3.05) is 13.1 Å². The second-order valence-corrected chi connectivity index (χ2v) is 7.58. The number of nitrogens with one attached hydrogen (secondary N) is 1. The largest absolute Gasteiger partial charge is 0.478 e. The summed E-state index contributed by atoms with van der Waals surface area (Å²) in [6, 6.07) is 0. The molecule has 8 nitrogen and oxygen atoms in total. The van der Waals surface area contributed by atoms with E-state index in [-0.39, 0.29) is 29.6 Å². The summed E-state index contributed by atoms with van der Waals surface area (Å²) in [5.74, 6) is -1.24. The van der Waals surface area contributed by atoms with E-state index in [1.54, 1.807) is 0 Å². The van der Waals surface area contributed by atoms with Crippen molar-refractivity contribution >= 4 is 16.0 Å². The van der Waals surface area contributed by atoms with Gasteiger partial charge < -0.3 is 10.2 Å². The molecule has 1 saturated carbocycles. The minimum Gasteiger partial charge on any atom is -0.478 e. The molecule has 0 spiro atoms. The highest BCUT2D eigenvalue weighted by molar-refractivity contribution is 7.89. The number of aliphatic hydroxyl groups excluding tert-OH is 1. The van der Waals surface area contributed by atoms with Crippen LogP contribution in [0.25, 0.3) is 0 Å². The number of carboxylic acid groups (broad SMARTS) is 1. The third-order valence-corrected chi connectivity index (χ3v) is 6.26. The van der Waals surface area contributed by atoms with Gasteiger partial charge in [-0.1, -0.05) is 0 Å². The molecule has 0 bridgehead atoms. The number of fused-ring (bicyclic) bond motifs is 1. The topological polar surface area (TPSA) is 124 Å². The first kappa shape index (κ1) is 14.5. The van der Waals surface area contributed by atoms with Gasteiger partial charge in [0, 0.05) is 24.7 Å². The van der Waals surface area contributed by atoms with Crippen LogP contribution in [0.2, 0.25) is 0 Å². The van der Waals surface area contributed by atoms with Crippen LogP contribution in [0.15, 0.2) is 5.03 Å². The number of nitrogens with zero attached hydrogens (tertiary/aromatic N) is 2. The molecule has 3 N–H and O–H groups in total. The number of aromatic carboxylic acids is 1.